The Bertz CT molecular complexity index is 5830. The molecule has 0 spiro atoms. The molecule has 0 atom stereocenters. The van der Waals surface area contributed by atoms with E-state index in [9.17, 15) is 11.0 Å². The predicted molar refractivity (Wildman–Crippen MR) is 336 cm³/mol. The second-order valence-electron chi connectivity index (χ2n) is 22.1. The van der Waals surface area contributed by atoms with Crippen molar-refractivity contribution >= 4 is 76.6 Å². The third kappa shape index (κ3) is 7.62. The molecular weight excluding hydrogens is 1210 g/mol. The van der Waals surface area contributed by atoms with E-state index in [0.717, 1.165) is 76.9 Å². The van der Waals surface area contributed by atoms with Crippen LogP contribution in [0.2, 0.25) is 0 Å². The van der Waals surface area contributed by atoms with E-state index in [4.69, 9.17) is 14.1 Å². The molecular formula is C76H49N5O2Pt-2. The molecule has 0 saturated heterocycles. The zero-order valence-corrected chi connectivity index (χ0v) is 47.6. The topological polar surface area (TPSA) is 53.9 Å². The Morgan fingerprint density at radius 1 is 0.500 bits per heavy atom. The van der Waals surface area contributed by atoms with Gasteiger partial charge in [0, 0.05) is 65.8 Å². The van der Waals surface area contributed by atoms with Crippen LogP contribution in [0.1, 0.15) is 37.3 Å². The first kappa shape index (κ1) is 41.9. The Morgan fingerprint density at radius 3 is 1.85 bits per heavy atom. The van der Waals surface area contributed by atoms with Gasteiger partial charge in [-0.25, -0.2) is 4.98 Å². The maximum atomic E-state index is 10.1. The summed E-state index contributed by atoms with van der Waals surface area (Å²) in [5.41, 5.74) is 10.5. The van der Waals surface area contributed by atoms with Crippen molar-refractivity contribution in [2.75, 3.05) is 0 Å². The summed E-state index contributed by atoms with van der Waals surface area (Å²) < 4.78 is 98.5. The largest absolute Gasteiger partial charge is 0.510 e. The van der Waals surface area contributed by atoms with Crippen LogP contribution in [0.25, 0.3) is 144 Å². The molecule has 11 aromatic carbocycles. The van der Waals surface area contributed by atoms with Gasteiger partial charge < -0.3 is 22.9 Å². The fraction of sp³-hybridized carbons (Fsp3) is 0.0526. The van der Waals surface area contributed by atoms with E-state index in [-0.39, 0.29) is 54.8 Å². The van der Waals surface area contributed by atoms with Crippen LogP contribution >= 0.6 is 0 Å². The molecule has 0 radical (unpaired) electrons. The minimum absolute atomic E-state index is 0. The Kier molecular flexibility index (Phi) is 9.47. The average Bonchev–Trinajstić information content (AvgIpc) is 1.48. The second kappa shape index (κ2) is 19.0. The molecule has 402 valence electrons. The normalized spacial score (nSPS) is 13.5. The number of fused-ring (bicyclic) bond motifs is 16. The standard InChI is InChI=1S/C76H49N5O2.Pt/c1-76(2,3)49-38-39-77-73(43-49)81-67-31-14-10-26-59(67)60-36-35-52(45-69(60)81)82-51-19-16-18-50(44-51)78-46-79-74-62(28-17-32-68(74)80-65-29-12-8-24-57(65)58-25-9-13-30-66(58)80)55-22-6-4-20-53(55)54-21-5-7-23-56(54)64-41-48(42-70(78)75(64)79)47-34-37-72-63(40-47)61-27-11-15-33-71(61)83-72;/h4-43H,1-3H3;/q-2;/i4D,5D,6D,7D,20D,21D,22D,23D;. The van der Waals surface area contributed by atoms with E-state index in [1.807, 2.05) is 149 Å². The molecule has 5 aromatic heterocycles. The molecule has 0 fully saturated rings. The van der Waals surface area contributed by atoms with E-state index in [2.05, 4.69) is 103 Å². The van der Waals surface area contributed by atoms with Crippen molar-refractivity contribution in [3.8, 4) is 78.9 Å². The number of rotatable bonds is 6. The molecule has 8 heteroatoms. The molecule has 0 unspecified atom stereocenters. The zero-order chi connectivity index (χ0) is 62.0. The molecule has 0 amide bonds. The number of hydrogen-bond acceptors (Lipinski definition) is 3. The summed E-state index contributed by atoms with van der Waals surface area (Å²) in [6, 6.07) is 65.0. The van der Waals surface area contributed by atoms with Crippen LogP contribution in [0.4, 0.5) is 0 Å². The number of benzene rings is 11. The van der Waals surface area contributed by atoms with Gasteiger partial charge in [0.15, 0.2) is 0 Å². The van der Waals surface area contributed by atoms with Gasteiger partial charge in [-0.05, 0) is 127 Å². The number of hydrogen-bond donors (Lipinski definition) is 0. The first-order chi connectivity index (χ1) is 44.1. The summed E-state index contributed by atoms with van der Waals surface area (Å²) in [4.78, 5) is 4.89. The van der Waals surface area contributed by atoms with Gasteiger partial charge in [0.25, 0.3) is 6.33 Å². The van der Waals surface area contributed by atoms with Crippen LogP contribution in [0, 0.1) is 18.5 Å². The first-order valence-corrected chi connectivity index (χ1v) is 27.5. The third-order valence-electron chi connectivity index (χ3n) is 16.3. The molecule has 16 aromatic rings. The number of para-hydroxylation sites is 5. The Morgan fingerprint density at radius 2 is 1.12 bits per heavy atom. The molecule has 1 aliphatic rings. The van der Waals surface area contributed by atoms with Crippen molar-refractivity contribution in [1.82, 2.24) is 18.7 Å². The van der Waals surface area contributed by atoms with Crippen molar-refractivity contribution < 1.29 is 45.8 Å². The maximum absolute atomic E-state index is 10.1. The molecule has 0 bridgehead atoms. The van der Waals surface area contributed by atoms with E-state index in [1.54, 1.807) is 0 Å². The molecule has 0 aliphatic carbocycles. The summed E-state index contributed by atoms with van der Waals surface area (Å²) in [5, 5.41) is 5.77. The minimum atomic E-state index is -0.557. The monoisotopic (exact) mass is 1270 g/mol. The molecule has 6 heterocycles. The van der Waals surface area contributed by atoms with Crippen LogP contribution in [-0.4, -0.2) is 18.7 Å². The number of pyridine rings is 1. The van der Waals surface area contributed by atoms with Crippen LogP contribution in [0.3, 0.4) is 0 Å². The number of nitrogens with zero attached hydrogens (tertiary/aromatic N) is 5. The Balaban J connectivity index is 0.00000673. The minimum Gasteiger partial charge on any atom is -0.510 e. The fourth-order valence-electron chi connectivity index (χ4n) is 12.5. The summed E-state index contributed by atoms with van der Waals surface area (Å²) in [6.45, 7) is 6.55. The second-order valence-corrected chi connectivity index (χ2v) is 22.1. The summed E-state index contributed by atoms with van der Waals surface area (Å²) >= 11 is 0. The number of imidazole rings is 1. The zero-order valence-electron chi connectivity index (χ0n) is 53.3. The van der Waals surface area contributed by atoms with E-state index >= 15 is 0 Å². The van der Waals surface area contributed by atoms with Gasteiger partial charge in [-0.1, -0.05) is 172 Å². The van der Waals surface area contributed by atoms with Gasteiger partial charge in [0.2, 0.25) is 0 Å². The summed E-state index contributed by atoms with van der Waals surface area (Å²) in [6.07, 6.45) is 5.64. The van der Waals surface area contributed by atoms with Crippen LogP contribution < -0.4 is 9.30 Å². The van der Waals surface area contributed by atoms with Crippen molar-refractivity contribution in [1.29, 1.82) is 0 Å². The fourth-order valence-corrected chi connectivity index (χ4v) is 12.5. The summed E-state index contributed by atoms with van der Waals surface area (Å²) in [5.74, 6) is 1.54. The van der Waals surface area contributed by atoms with Gasteiger partial charge >= 0.3 is 0 Å². The maximum Gasteiger partial charge on any atom is 0.268 e. The predicted octanol–water partition coefficient (Wildman–Crippen LogP) is 18.9. The van der Waals surface area contributed by atoms with Crippen LogP contribution in [-0.2, 0) is 26.5 Å². The number of aromatic nitrogens is 5. The van der Waals surface area contributed by atoms with Gasteiger partial charge in [0.05, 0.1) is 44.4 Å². The van der Waals surface area contributed by atoms with Gasteiger partial charge in [-0.3, -0.25) is 4.57 Å². The van der Waals surface area contributed by atoms with E-state index in [0.29, 0.717) is 61.9 Å². The first-order valence-electron chi connectivity index (χ1n) is 31.5. The quantitative estimate of drug-likeness (QED) is 0.123. The van der Waals surface area contributed by atoms with Crippen LogP contribution in [0.15, 0.2) is 247 Å². The van der Waals surface area contributed by atoms with Crippen molar-refractivity contribution in [2.24, 2.45) is 0 Å². The van der Waals surface area contributed by atoms with Gasteiger partial charge in [-0.15, -0.1) is 29.7 Å². The smallest absolute Gasteiger partial charge is 0.268 e. The van der Waals surface area contributed by atoms with Gasteiger partial charge in [0.1, 0.15) is 17.0 Å². The third-order valence-corrected chi connectivity index (χ3v) is 16.3. The molecule has 17 rings (SSSR count). The Labute approximate surface area is 510 Å². The summed E-state index contributed by atoms with van der Waals surface area (Å²) in [7, 11) is 0. The molecule has 7 nitrogen and oxygen atoms in total. The molecule has 1 aliphatic heterocycles. The van der Waals surface area contributed by atoms with Crippen molar-refractivity contribution in [3.63, 3.8) is 0 Å². The Hall–Kier alpha value is -10.1. The van der Waals surface area contributed by atoms with Crippen molar-refractivity contribution in [3.05, 3.63) is 267 Å². The van der Waals surface area contributed by atoms with Gasteiger partial charge in [-0.2, -0.15) is 18.2 Å². The molecule has 0 saturated carbocycles. The van der Waals surface area contributed by atoms with E-state index < -0.39 is 42.3 Å². The van der Waals surface area contributed by atoms with Crippen molar-refractivity contribution in [2.45, 2.75) is 26.2 Å². The number of ether oxygens (including phenoxy) is 1. The number of furan rings is 1. The van der Waals surface area contributed by atoms with Crippen LogP contribution in [0.5, 0.6) is 11.5 Å². The molecule has 0 N–H and O–H groups in total. The average molecular weight is 1270 g/mol. The SMILES string of the molecule is [2H]c1c([2H])c([2H])c2c(c1[2H])-c1cccc(-n3c4ccccc4c4ccccc43)c1-[n+]1[c-]n(-c3[c-]c(Oc4[c-]c5c(cc4)c4ccccc4n5-c4cc(C(C)(C)C)ccn4)ccc3)c3cc(-c4ccc5oc6ccccc6c5c4)cc(c31)-c1c([2H])c([2H])c([2H])c([2H])c1-2.[Pt]. The van der Waals surface area contributed by atoms with E-state index in [1.165, 1.54) is 0 Å². The molecule has 84 heavy (non-hydrogen) atoms.